The number of hydrogen-bond acceptors (Lipinski definition) is 3. The molecule has 0 saturated heterocycles. The van der Waals surface area contributed by atoms with Gasteiger partial charge in [-0.15, -0.1) is 0 Å². The van der Waals surface area contributed by atoms with Gasteiger partial charge in [0.15, 0.2) is 0 Å². The summed E-state index contributed by atoms with van der Waals surface area (Å²) < 4.78 is 1.69. The molecule has 0 saturated carbocycles. The Kier molecular flexibility index (Phi) is 3.45. The highest BCUT2D eigenvalue weighted by Crippen LogP contribution is 2.22. The lowest BCUT2D eigenvalue weighted by Gasteiger charge is -2.11. The van der Waals surface area contributed by atoms with Gasteiger partial charge in [0.1, 0.15) is 0 Å². The zero-order valence-electron chi connectivity index (χ0n) is 9.76. The monoisotopic (exact) mass is 251 g/mol. The van der Waals surface area contributed by atoms with Gasteiger partial charge in [-0.1, -0.05) is 11.6 Å². The van der Waals surface area contributed by atoms with Gasteiger partial charge in [-0.3, -0.25) is 9.67 Å². The Morgan fingerprint density at radius 2 is 2.29 bits per heavy atom. The normalized spacial score (nSPS) is 12.7. The average Bonchev–Trinajstić information content (AvgIpc) is 2.61. The lowest BCUT2D eigenvalue weighted by molar-refractivity contribution is 0.168. The fourth-order valence-electron chi connectivity index (χ4n) is 1.82. The third-order valence-corrected chi connectivity index (χ3v) is 2.99. The summed E-state index contributed by atoms with van der Waals surface area (Å²) in [7, 11) is 1.82. The van der Waals surface area contributed by atoms with E-state index in [-0.39, 0.29) is 0 Å². The predicted octanol–water partition coefficient (Wildman–Crippen LogP) is 2.05. The van der Waals surface area contributed by atoms with Crippen molar-refractivity contribution in [3.8, 4) is 0 Å². The highest BCUT2D eigenvalue weighted by Gasteiger charge is 2.15. The van der Waals surface area contributed by atoms with Gasteiger partial charge in [-0.25, -0.2) is 0 Å². The number of pyridine rings is 1. The minimum atomic E-state index is -0.610. The van der Waals surface area contributed by atoms with Crippen molar-refractivity contribution in [2.75, 3.05) is 0 Å². The average molecular weight is 252 g/mol. The SMILES string of the molecule is Cc1cc(C(O)Cc2ccncc2Cl)n(C)n1. The van der Waals surface area contributed by atoms with E-state index in [4.69, 9.17) is 11.6 Å². The molecule has 0 aliphatic heterocycles. The summed E-state index contributed by atoms with van der Waals surface area (Å²) in [5, 5.41) is 14.9. The maximum atomic E-state index is 10.2. The van der Waals surface area contributed by atoms with Crippen LogP contribution in [0.5, 0.6) is 0 Å². The molecule has 90 valence electrons. The second-order valence-electron chi connectivity index (χ2n) is 4.02. The number of rotatable bonds is 3. The van der Waals surface area contributed by atoms with E-state index in [1.165, 1.54) is 0 Å². The van der Waals surface area contributed by atoms with Crippen LogP contribution in [-0.4, -0.2) is 19.9 Å². The molecule has 0 aliphatic rings. The molecule has 1 unspecified atom stereocenters. The van der Waals surface area contributed by atoms with Crippen molar-refractivity contribution in [3.05, 3.63) is 46.5 Å². The molecule has 0 fully saturated rings. The Morgan fingerprint density at radius 1 is 1.53 bits per heavy atom. The van der Waals surface area contributed by atoms with Crippen LogP contribution >= 0.6 is 11.6 Å². The van der Waals surface area contributed by atoms with Gasteiger partial charge in [0, 0.05) is 25.9 Å². The lowest BCUT2D eigenvalue weighted by Crippen LogP contribution is -2.08. The Hall–Kier alpha value is -1.39. The topological polar surface area (TPSA) is 50.9 Å². The first-order chi connectivity index (χ1) is 8.08. The van der Waals surface area contributed by atoms with E-state index in [1.54, 1.807) is 17.1 Å². The molecular weight excluding hydrogens is 238 g/mol. The van der Waals surface area contributed by atoms with Crippen molar-refractivity contribution in [2.24, 2.45) is 7.05 Å². The third-order valence-electron chi connectivity index (χ3n) is 2.65. The molecule has 2 rings (SSSR count). The van der Waals surface area contributed by atoms with E-state index < -0.39 is 6.10 Å². The van der Waals surface area contributed by atoms with Crippen molar-refractivity contribution < 1.29 is 5.11 Å². The van der Waals surface area contributed by atoms with Crippen LogP contribution in [0.2, 0.25) is 5.02 Å². The van der Waals surface area contributed by atoms with Crippen molar-refractivity contribution in [2.45, 2.75) is 19.4 Å². The van der Waals surface area contributed by atoms with Crippen LogP contribution in [0, 0.1) is 6.92 Å². The molecule has 0 aliphatic carbocycles. The summed E-state index contributed by atoms with van der Waals surface area (Å²) in [5.41, 5.74) is 2.56. The fraction of sp³-hybridized carbons (Fsp3) is 0.333. The highest BCUT2D eigenvalue weighted by molar-refractivity contribution is 6.31. The summed E-state index contributed by atoms with van der Waals surface area (Å²) in [4.78, 5) is 3.92. The molecule has 0 spiro atoms. The number of halogens is 1. The van der Waals surface area contributed by atoms with Gasteiger partial charge in [-0.05, 0) is 24.6 Å². The molecule has 0 aromatic carbocycles. The van der Waals surface area contributed by atoms with Crippen molar-refractivity contribution in [3.63, 3.8) is 0 Å². The van der Waals surface area contributed by atoms with Gasteiger partial charge in [-0.2, -0.15) is 5.10 Å². The molecular formula is C12H14ClN3O. The molecule has 2 aromatic heterocycles. The maximum absolute atomic E-state index is 10.2. The van der Waals surface area contributed by atoms with Crippen LogP contribution in [0.15, 0.2) is 24.5 Å². The highest BCUT2D eigenvalue weighted by atomic mass is 35.5. The first-order valence-corrected chi connectivity index (χ1v) is 5.72. The Labute approximate surface area is 105 Å². The first-order valence-electron chi connectivity index (χ1n) is 5.35. The van der Waals surface area contributed by atoms with Crippen LogP contribution in [0.25, 0.3) is 0 Å². The summed E-state index contributed by atoms with van der Waals surface area (Å²) in [6.45, 7) is 1.90. The minimum absolute atomic E-state index is 0.459. The van der Waals surface area contributed by atoms with Gasteiger partial charge >= 0.3 is 0 Å². The molecule has 5 heteroatoms. The van der Waals surface area contributed by atoms with E-state index in [0.29, 0.717) is 11.4 Å². The van der Waals surface area contributed by atoms with E-state index >= 15 is 0 Å². The van der Waals surface area contributed by atoms with E-state index in [1.807, 2.05) is 26.1 Å². The molecule has 4 nitrogen and oxygen atoms in total. The standard InChI is InChI=1S/C12H14ClN3O/c1-8-5-11(16(2)15-8)12(17)6-9-3-4-14-7-10(9)13/h3-5,7,12,17H,6H2,1-2H3. The van der Waals surface area contributed by atoms with Gasteiger partial charge < -0.3 is 5.11 Å². The Balaban J connectivity index is 2.20. The van der Waals surface area contributed by atoms with E-state index in [9.17, 15) is 5.11 Å². The maximum Gasteiger partial charge on any atom is 0.0997 e. The smallest absolute Gasteiger partial charge is 0.0997 e. The molecule has 2 aromatic rings. The largest absolute Gasteiger partial charge is 0.386 e. The summed E-state index contributed by atoms with van der Waals surface area (Å²) >= 11 is 6.00. The predicted molar refractivity (Wildman–Crippen MR) is 65.9 cm³/mol. The number of aryl methyl sites for hydroxylation is 2. The quantitative estimate of drug-likeness (QED) is 0.908. The van der Waals surface area contributed by atoms with Crippen LogP contribution in [-0.2, 0) is 13.5 Å². The molecule has 2 heterocycles. The first kappa shape index (κ1) is 12.1. The van der Waals surface area contributed by atoms with E-state index in [0.717, 1.165) is 17.0 Å². The van der Waals surface area contributed by atoms with Crippen LogP contribution in [0.1, 0.15) is 23.1 Å². The second-order valence-corrected chi connectivity index (χ2v) is 4.43. The molecule has 1 N–H and O–H groups in total. The van der Waals surface area contributed by atoms with Crippen LogP contribution in [0.3, 0.4) is 0 Å². The van der Waals surface area contributed by atoms with Gasteiger partial charge in [0.25, 0.3) is 0 Å². The third kappa shape index (κ3) is 2.65. The number of aromatic nitrogens is 3. The number of aliphatic hydroxyl groups is 1. The molecule has 0 bridgehead atoms. The zero-order valence-corrected chi connectivity index (χ0v) is 10.5. The molecule has 0 radical (unpaired) electrons. The zero-order chi connectivity index (χ0) is 12.4. The molecule has 0 amide bonds. The molecule has 1 atom stereocenters. The minimum Gasteiger partial charge on any atom is -0.386 e. The fourth-order valence-corrected chi connectivity index (χ4v) is 2.02. The number of hydrogen-bond donors (Lipinski definition) is 1. The van der Waals surface area contributed by atoms with Crippen molar-refractivity contribution >= 4 is 11.6 Å². The van der Waals surface area contributed by atoms with Gasteiger partial charge in [0.05, 0.1) is 22.5 Å². The van der Waals surface area contributed by atoms with E-state index in [2.05, 4.69) is 10.1 Å². The Morgan fingerprint density at radius 3 is 2.88 bits per heavy atom. The Bertz CT molecular complexity index is 524. The van der Waals surface area contributed by atoms with Crippen LogP contribution < -0.4 is 0 Å². The second kappa shape index (κ2) is 4.85. The molecule has 17 heavy (non-hydrogen) atoms. The van der Waals surface area contributed by atoms with Crippen molar-refractivity contribution in [1.29, 1.82) is 0 Å². The lowest BCUT2D eigenvalue weighted by atomic mass is 10.1. The number of nitrogens with zero attached hydrogens (tertiary/aromatic N) is 3. The van der Waals surface area contributed by atoms with Gasteiger partial charge in [0.2, 0.25) is 0 Å². The summed E-state index contributed by atoms with van der Waals surface area (Å²) in [5.74, 6) is 0. The summed E-state index contributed by atoms with van der Waals surface area (Å²) in [6, 6.07) is 3.69. The van der Waals surface area contributed by atoms with Crippen molar-refractivity contribution in [1.82, 2.24) is 14.8 Å². The summed E-state index contributed by atoms with van der Waals surface area (Å²) in [6.07, 6.45) is 3.10. The number of aliphatic hydroxyl groups excluding tert-OH is 1. The van der Waals surface area contributed by atoms with Crippen LogP contribution in [0.4, 0.5) is 0 Å².